The largest absolute Gasteiger partial charge is 0.755 e. The molecule has 0 bridgehead atoms. The number of benzene rings is 2. The summed E-state index contributed by atoms with van der Waals surface area (Å²) >= 11 is -2.65. The Balaban J connectivity index is 0.00000289. The number of hydrogen-bond acceptors (Lipinski definition) is 3. The normalized spacial score (nSPS) is 15.3. The minimum absolute atomic E-state index is 0. The zero-order valence-corrected chi connectivity index (χ0v) is 22.0. The van der Waals surface area contributed by atoms with E-state index in [-0.39, 0.29) is 32.7 Å². The van der Waals surface area contributed by atoms with Crippen molar-refractivity contribution in [1.82, 2.24) is 9.29 Å². The van der Waals surface area contributed by atoms with Gasteiger partial charge in [0.15, 0.2) is 0 Å². The maximum absolute atomic E-state index is 12.3. The first-order chi connectivity index (χ1) is 14.9. The van der Waals surface area contributed by atoms with Gasteiger partial charge in [0.25, 0.3) is 5.91 Å². The molecule has 1 N–H and O–H groups in total. The third-order valence-corrected chi connectivity index (χ3v) is 6.65. The monoisotopic (exact) mass is 524 g/mol. The fourth-order valence-electron chi connectivity index (χ4n) is 4.93. The van der Waals surface area contributed by atoms with Crippen molar-refractivity contribution in [2.45, 2.75) is 51.5 Å². The Hall–Kier alpha value is -1.47. The number of hydrogen-bond donors (Lipinski definition) is 1. The number of carbonyl (C=O) groups is 1. The Kier molecular flexibility index (Phi) is 8.37. The van der Waals surface area contributed by atoms with Crippen molar-refractivity contribution in [2.24, 2.45) is 0 Å². The standard InChI is InChI=1S/C25H28N2O3S.Y/c1-4-27-22-15-19(25(28)26-31(29)30)11-13-21(22)23(18-8-6-5-7-9-18)24(27)20-12-10-16(2)14-17(20)3;/h10-15,18H,1,3-9H2,2H3,(H,26,28)(H,29,30);/q-2;/p-1. The van der Waals surface area contributed by atoms with Crippen molar-refractivity contribution >= 4 is 28.1 Å². The molecule has 5 nitrogen and oxygen atoms in total. The van der Waals surface area contributed by atoms with E-state index in [0.29, 0.717) is 18.0 Å². The fraction of sp³-hybridized carbons (Fsp3) is 0.320. The first kappa shape index (κ1) is 25.2. The molecular formula is C25H27N2O3SY-3. The zero-order valence-electron chi connectivity index (χ0n) is 18.4. The number of aromatic nitrogens is 1. The van der Waals surface area contributed by atoms with Crippen LogP contribution >= 0.6 is 0 Å². The molecule has 167 valence electrons. The van der Waals surface area contributed by atoms with Gasteiger partial charge in [-0.05, 0) is 42.1 Å². The van der Waals surface area contributed by atoms with Gasteiger partial charge in [-0.2, -0.15) is 18.6 Å². The van der Waals surface area contributed by atoms with Crippen LogP contribution < -0.4 is 4.72 Å². The van der Waals surface area contributed by atoms with E-state index in [9.17, 15) is 13.6 Å². The predicted octanol–water partition coefficient (Wildman–Crippen LogP) is 5.20. The molecule has 0 spiro atoms. The van der Waals surface area contributed by atoms with E-state index in [1.807, 2.05) is 10.8 Å². The summed E-state index contributed by atoms with van der Waals surface area (Å²) in [5.74, 6) is -0.199. The smallest absolute Gasteiger partial charge is 0.262 e. The number of nitrogens with one attached hydrogen (secondary N) is 1. The molecule has 32 heavy (non-hydrogen) atoms. The molecule has 1 saturated carbocycles. The molecule has 4 rings (SSSR count). The summed E-state index contributed by atoms with van der Waals surface area (Å²) < 4.78 is 25.9. The summed E-state index contributed by atoms with van der Waals surface area (Å²) in [6.45, 7) is 11.0. The van der Waals surface area contributed by atoms with Crippen LogP contribution in [0, 0.1) is 20.8 Å². The Labute approximate surface area is 217 Å². The Bertz CT molecular complexity index is 1170. The molecule has 7 heteroatoms. The third kappa shape index (κ3) is 4.89. The number of amides is 1. The second-order valence-corrected chi connectivity index (χ2v) is 8.98. The minimum Gasteiger partial charge on any atom is -0.755 e. The van der Waals surface area contributed by atoms with Crippen molar-refractivity contribution in [3.8, 4) is 11.3 Å². The first-order valence-corrected chi connectivity index (χ1v) is 11.8. The molecule has 1 aliphatic rings. The number of carbonyl (C=O) groups excluding carboxylic acids is 1. The van der Waals surface area contributed by atoms with Crippen LogP contribution in [0.4, 0.5) is 0 Å². The SMILES string of the molecule is [CH2-]Cn1c(-c2ccc(C)cc2[CH2-])c(C2CCCCC2)c2ccc(C(=O)NS(=O)[O-])cc21.[Y]. The van der Waals surface area contributed by atoms with Crippen LogP contribution in [0.3, 0.4) is 0 Å². The van der Waals surface area contributed by atoms with Gasteiger partial charge in [-0.1, -0.05) is 38.3 Å². The van der Waals surface area contributed by atoms with E-state index in [0.717, 1.165) is 46.1 Å². The summed E-state index contributed by atoms with van der Waals surface area (Å²) in [5, 5.41) is 1.10. The van der Waals surface area contributed by atoms with Crippen LogP contribution in [0.15, 0.2) is 36.4 Å². The second-order valence-electron chi connectivity index (χ2n) is 8.31. The second kappa shape index (κ2) is 10.6. The summed E-state index contributed by atoms with van der Waals surface area (Å²) in [5.41, 5.74) is 6.83. The van der Waals surface area contributed by atoms with Crippen molar-refractivity contribution < 1.29 is 46.3 Å². The quantitative estimate of drug-likeness (QED) is 0.368. The van der Waals surface area contributed by atoms with Crippen LogP contribution in [-0.4, -0.2) is 19.2 Å². The van der Waals surface area contributed by atoms with Crippen LogP contribution in [0.5, 0.6) is 0 Å². The van der Waals surface area contributed by atoms with Gasteiger partial charge in [0, 0.05) is 60.4 Å². The van der Waals surface area contributed by atoms with Gasteiger partial charge in [-0.25, -0.2) is 0 Å². The van der Waals surface area contributed by atoms with Gasteiger partial charge in [-0.3, -0.25) is 13.7 Å². The zero-order chi connectivity index (χ0) is 22.1. The van der Waals surface area contributed by atoms with Gasteiger partial charge in [0.05, 0.1) is 0 Å². The van der Waals surface area contributed by atoms with E-state index in [2.05, 4.69) is 43.5 Å². The van der Waals surface area contributed by atoms with Gasteiger partial charge < -0.3 is 16.0 Å². The molecule has 1 aromatic heterocycles. The topological polar surface area (TPSA) is 74.2 Å². The number of rotatable bonds is 5. The molecule has 0 aliphatic heterocycles. The van der Waals surface area contributed by atoms with Crippen LogP contribution in [0.25, 0.3) is 22.2 Å². The molecule has 1 radical (unpaired) electrons. The first-order valence-electron chi connectivity index (χ1n) is 10.7. The number of aryl methyl sites for hydroxylation is 1. The third-order valence-electron chi connectivity index (χ3n) is 6.29. The molecular weight excluding hydrogens is 497 g/mol. The van der Waals surface area contributed by atoms with Gasteiger partial charge in [-0.15, -0.1) is 23.7 Å². The van der Waals surface area contributed by atoms with E-state index in [1.54, 1.807) is 12.1 Å². The number of fused-ring (bicyclic) bond motifs is 1. The van der Waals surface area contributed by atoms with Gasteiger partial charge >= 0.3 is 0 Å². The van der Waals surface area contributed by atoms with Gasteiger partial charge in [0.2, 0.25) is 0 Å². The maximum Gasteiger partial charge on any atom is 0.262 e. The Morgan fingerprint density at radius 2 is 1.91 bits per heavy atom. The molecule has 2 aromatic carbocycles. The van der Waals surface area contributed by atoms with E-state index in [1.165, 1.54) is 24.8 Å². The Morgan fingerprint density at radius 1 is 1.19 bits per heavy atom. The summed E-state index contributed by atoms with van der Waals surface area (Å²) in [4.78, 5) is 12.3. The average molecular weight is 524 g/mol. The summed E-state index contributed by atoms with van der Waals surface area (Å²) in [6.07, 6.45) is 5.96. The van der Waals surface area contributed by atoms with E-state index in [4.69, 9.17) is 0 Å². The summed E-state index contributed by atoms with van der Waals surface area (Å²) in [7, 11) is 0. The number of nitrogens with zero attached hydrogens (tertiary/aromatic N) is 1. The van der Waals surface area contributed by atoms with Crippen molar-refractivity contribution in [1.29, 1.82) is 0 Å². The van der Waals surface area contributed by atoms with E-state index < -0.39 is 17.2 Å². The van der Waals surface area contributed by atoms with Crippen LogP contribution in [0.1, 0.15) is 65.1 Å². The molecule has 1 atom stereocenters. The minimum atomic E-state index is -2.65. The summed E-state index contributed by atoms with van der Waals surface area (Å²) in [6, 6.07) is 11.7. The maximum atomic E-state index is 12.3. The molecule has 1 aliphatic carbocycles. The van der Waals surface area contributed by atoms with Crippen molar-refractivity contribution in [3.05, 3.63) is 72.5 Å². The van der Waals surface area contributed by atoms with E-state index >= 15 is 0 Å². The molecule has 1 amide bonds. The average Bonchev–Trinajstić information content (AvgIpc) is 3.07. The molecule has 1 fully saturated rings. The molecule has 3 aromatic rings. The van der Waals surface area contributed by atoms with Gasteiger partial charge in [0.1, 0.15) is 0 Å². The van der Waals surface area contributed by atoms with Crippen molar-refractivity contribution in [2.75, 3.05) is 0 Å². The molecule has 1 unspecified atom stereocenters. The Morgan fingerprint density at radius 3 is 2.53 bits per heavy atom. The molecule has 1 heterocycles. The predicted molar refractivity (Wildman–Crippen MR) is 124 cm³/mol. The fourth-order valence-corrected chi connectivity index (χ4v) is 5.20. The van der Waals surface area contributed by atoms with Crippen molar-refractivity contribution in [3.63, 3.8) is 0 Å². The van der Waals surface area contributed by atoms with Crippen LogP contribution in [0.2, 0.25) is 0 Å². The van der Waals surface area contributed by atoms with Crippen LogP contribution in [-0.2, 0) is 50.5 Å². The molecule has 0 saturated heterocycles.